The average Bonchev–Trinajstić information content (AvgIpc) is 2.67. The van der Waals surface area contributed by atoms with E-state index >= 15 is 0 Å². The third kappa shape index (κ3) is 13.4. The molecular weight excluding hydrogens is 408 g/mol. The number of aliphatic carboxylic acids is 1. The molecule has 1 atom stereocenters. The molecule has 0 saturated heterocycles. The fourth-order valence-corrected chi connectivity index (χ4v) is 2.19. The second-order valence-electron chi connectivity index (χ2n) is 7.57. The van der Waals surface area contributed by atoms with E-state index in [9.17, 15) is 19.2 Å². The minimum Gasteiger partial charge on any atom is -0.481 e. The Balaban J connectivity index is 2.55. The summed E-state index contributed by atoms with van der Waals surface area (Å²) in [7, 11) is 0. The highest BCUT2D eigenvalue weighted by Crippen LogP contribution is 2.06. The number of benzene rings is 1. The number of nitrogens with one attached hydrogen (secondary N) is 4. The molecular formula is C20H30N4O7. The van der Waals surface area contributed by atoms with E-state index in [1.54, 1.807) is 32.9 Å². The third-order valence-electron chi connectivity index (χ3n) is 3.56. The summed E-state index contributed by atoms with van der Waals surface area (Å²) in [6.07, 6.45) is -1.63. The average molecular weight is 438 g/mol. The Morgan fingerprint density at radius 2 is 1.61 bits per heavy atom. The Labute approximate surface area is 180 Å². The number of carbonyl (C=O) groups is 4. The molecule has 1 aromatic carbocycles. The van der Waals surface area contributed by atoms with Crippen molar-refractivity contribution in [3.05, 3.63) is 35.9 Å². The maximum Gasteiger partial charge on any atom is 0.407 e. The lowest BCUT2D eigenvalue weighted by molar-refractivity contribution is -0.136. The van der Waals surface area contributed by atoms with E-state index in [0.717, 1.165) is 5.56 Å². The molecule has 0 aliphatic carbocycles. The quantitative estimate of drug-likeness (QED) is 0.371. The Morgan fingerprint density at radius 3 is 2.23 bits per heavy atom. The Bertz CT molecular complexity index is 735. The monoisotopic (exact) mass is 438 g/mol. The van der Waals surface area contributed by atoms with E-state index in [1.165, 1.54) is 0 Å². The molecule has 31 heavy (non-hydrogen) atoms. The van der Waals surface area contributed by atoms with Gasteiger partial charge in [0.2, 0.25) is 0 Å². The zero-order valence-corrected chi connectivity index (χ0v) is 17.9. The maximum absolute atomic E-state index is 12.1. The van der Waals surface area contributed by atoms with E-state index in [1.807, 2.05) is 18.2 Å². The van der Waals surface area contributed by atoms with Crippen molar-refractivity contribution in [3.8, 4) is 0 Å². The van der Waals surface area contributed by atoms with Gasteiger partial charge in [0, 0.05) is 19.6 Å². The largest absolute Gasteiger partial charge is 0.481 e. The molecule has 0 radical (unpaired) electrons. The zero-order chi connectivity index (χ0) is 23.3. The standard InChI is InChI=1S/C20H30N4O7/c1-20(2,3)31-18(28)23-12-15(11-22-17(27)21-10-9-16(25)26)24-19(29)30-13-14-7-5-4-6-8-14/h4-8,15H,9-13H2,1-3H3,(H,23,28)(H,24,29)(H,25,26)(H2,21,22,27)/t15-/m1/s1. The molecule has 0 fully saturated rings. The summed E-state index contributed by atoms with van der Waals surface area (Å²) in [5.74, 6) is -1.04. The number of carbonyl (C=O) groups excluding carboxylic acids is 3. The van der Waals surface area contributed by atoms with Crippen LogP contribution in [0.1, 0.15) is 32.8 Å². The van der Waals surface area contributed by atoms with Crippen LogP contribution in [0.15, 0.2) is 30.3 Å². The Morgan fingerprint density at radius 1 is 0.968 bits per heavy atom. The summed E-state index contributed by atoms with van der Waals surface area (Å²) in [5.41, 5.74) is 0.112. The lowest BCUT2D eigenvalue weighted by atomic mass is 10.2. The van der Waals surface area contributed by atoms with Crippen LogP contribution in [0.5, 0.6) is 0 Å². The molecule has 11 heteroatoms. The van der Waals surface area contributed by atoms with Crippen LogP contribution in [0.2, 0.25) is 0 Å². The van der Waals surface area contributed by atoms with Crippen LogP contribution in [0, 0.1) is 0 Å². The van der Waals surface area contributed by atoms with E-state index < -0.39 is 35.8 Å². The number of hydrogen-bond acceptors (Lipinski definition) is 6. The first-order valence-electron chi connectivity index (χ1n) is 9.72. The van der Waals surface area contributed by atoms with Crippen LogP contribution < -0.4 is 21.3 Å². The van der Waals surface area contributed by atoms with Gasteiger partial charge in [-0.05, 0) is 26.3 Å². The molecule has 0 spiro atoms. The minimum atomic E-state index is -1.04. The lowest BCUT2D eigenvalue weighted by Gasteiger charge is -2.23. The summed E-state index contributed by atoms with van der Waals surface area (Å²) in [5, 5.41) is 18.6. The fourth-order valence-electron chi connectivity index (χ4n) is 2.19. The molecule has 0 saturated carbocycles. The van der Waals surface area contributed by atoms with Crippen molar-refractivity contribution in [2.75, 3.05) is 19.6 Å². The number of amides is 4. The molecule has 4 amide bonds. The van der Waals surface area contributed by atoms with Crippen molar-refractivity contribution >= 4 is 24.2 Å². The molecule has 0 bridgehead atoms. The predicted octanol–water partition coefficient (Wildman–Crippen LogP) is 1.58. The zero-order valence-electron chi connectivity index (χ0n) is 17.9. The van der Waals surface area contributed by atoms with Gasteiger partial charge < -0.3 is 35.8 Å². The molecule has 0 heterocycles. The molecule has 0 unspecified atom stereocenters. The van der Waals surface area contributed by atoms with Crippen molar-refractivity contribution in [1.82, 2.24) is 21.3 Å². The van der Waals surface area contributed by atoms with Gasteiger partial charge in [-0.2, -0.15) is 0 Å². The van der Waals surface area contributed by atoms with Crippen LogP contribution in [0.3, 0.4) is 0 Å². The number of alkyl carbamates (subject to hydrolysis) is 2. The number of hydrogen-bond donors (Lipinski definition) is 5. The number of urea groups is 1. The lowest BCUT2D eigenvalue weighted by Crippen LogP contribution is -2.52. The smallest absolute Gasteiger partial charge is 0.407 e. The van der Waals surface area contributed by atoms with Gasteiger partial charge in [-0.1, -0.05) is 30.3 Å². The summed E-state index contributed by atoms with van der Waals surface area (Å²) in [6.45, 7) is 5.07. The number of rotatable bonds is 10. The van der Waals surface area contributed by atoms with Crippen LogP contribution in [0.25, 0.3) is 0 Å². The van der Waals surface area contributed by atoms with Gasteiger partial charge >= 0.3 is 24.2 Å². The van der Waals surface area contributed by atoms with Gasteiger partial charge in [0.05, 0.1) is 12.5 Å². The van der Waals surface area contributed by atoms with Gasteiger partial charge in [0.1, 0.15) is 12.2 Å². The molecule has 0 aromatic heterocycles. The first-order valence-corrected chi connectivity index (χ1v) is 9.72. The van der Waals surface area contributed by atoms with E-state index in [0.29, 0.717) is 0 Å². The predicted molar refractivity (Wildman–Crippen MR) is 111 cm³/mol. The first-order chi connectivity index (χ1) is 14.5. The molecule has 0 aliphatic heterocycles. The normalized spacial score (nSPS) is 11.6. The number of carboxylic acids is 1. The highest BCUT2D eigenvalue weighted by molar-refractivity contribution is 5.75. The summed E-state index contributed by atoms with van der Waals surface area (Å²) < 4.78 is 10.3. The Kier molecular flexibility index (Phi) is 10.7. The topological polar surface area (TPSA) is 155 Å². The van der Waals surface area contributed by atoms with E-state index in [-0.39, 0.29) is 32.7 Å². The summed E-state index contributed by atoms with van der Waals surface area (Å²) >= 11 is 0. The second kappa shape index (κ2) is 12.9. The number of carboxylic acid groups (broad SMARTS) is 1. The van der Waals surface area contributed by atoms with Crippen molar-refractivity contribution in [3.63, 3.8) is 0 Å². The van der Waals surface area contributed by atoms with E-state index in [4.69, 9.17) is 14.6 Å². The van der Waals surface area contributed by atoms with Crippen molar-refractivity contribution in [1.29, 1.82) is 0 Å². The van der Waals surface area contributed by atoms with Gasteiger partial charge in [-0.15, -0.1) is 0 Å². The van der Waals surface area contributed by atoms with Gasteiger partial charge in [-0.3, -0.25) is 4.79 Å². The summed E-state index contributed by atoms with van der Waals surface area (Å²) in [6, 6.07) is 7.77. The van der Waals surface area contributed by atoms with Crippen LogP contribution in [0.4, 0.5) is 14.4 Å². The van der Waals surface area contributed by atoms with Gasteiger partial charge in [0.15, 0.2) is 0 Å². The Hall–Kier alpha value is -3.50. The van der Waals surface area contributed by atoms with Crippen molar-refractivity contribution in [2.45, 2.75) is 45.4 Å². The summed E-state index contributed by atoms with van der Waals surface area (Å²) in [4.78, 5) is 46.3. The van der Waals surface area contributed by atoms with Crippen molar-refractivity contribution in [2.24, 2.45) is 0 Å². The van der Waals surface area contributed by atoms with Gasteiger partial charge in [0.25, 0.3) is 0 Å². The molecule has 11 nitrogen and oxygen atoms in total. The minimum absolute atomic E-state index is 0.0369. The SMILES string of the molecule is CC(C)(C)OC(=O)NC[C@@H](CNC(=O)NCCC(=O)O)NC(=O)OCc1ccccc1. The van der Waals surface area contributed by atoms with Crippen LogP contribution in [-0.4, -0.2) is 60.6 Å². The van der Waals surface area contributed by atoms with E-state index in [2.05, 4.69) is 21.3 Å². The maximum atomic E-state index is 12.1. The highest BCUT2D eigenvalue weighted by atomic mass is 16.6. The third-order valence-corrected chi connectivity index (χ3v) is 3.56. The molecule has 1 aromatic rings. The highest BCUT2D eigenvalue weighted by Gasteiger charge is 2.19. The number of ether oxygens (including phenoxy) is 2. The fraction of sp³-hybridized carbons (Fsp3) is 0.500. The second-order valence-corrected chi connectivity index (χ2v) is 7.57. The van der Waals surface area contributed by atoms with Crippen molar-refractivity contribution < 1.29 is 33.8 Å². The first kappa shape index (κ1) is 25.5. The van der Waals surface area contributed by atoms with Gasteiger partial charge in [-0.25, -0.2) is 14.4 Å². The molecule has 0 aliphatic rings. The molecule has 172 valence electrons. The molecule has 1 rings (SSSR count). The van der Waals surface area contributed by atoms with Crippen LogP contribution >= 0.6 is 0 Å². The van der Waals surface area contributed by atoms with Crippen LogP contribution in [-0.2, 0) is 20.9 Å². The molecule has 5 N–H and O–H groups in total.